The van der Waals surface area contributed by atoms with Crippen molar-refractivity contribution in [3.8, 4) is 0 Å². The quantitative estimate of drug-likeness (QED) is 0.716. The van der Waals surface area contributed by atoms with Gasteiger partial charge in [0.05, 0.1) is 20.1 Å². The van der Waals surface area contributed by atoms with Crippen molar-refractivity contribution in [2.45, 2.75) is 11.3 Å². The zero-order chi connectivity index (χ0) is 15.6. The summed E-state index contributed by atoms with van der Waals surface area (Å²) in [5.74, 6) is 0. The minimum atomic E-state index is -3.47. The summed E-state index contributed by atoms with van der Waals surface area (Å²) < 4.78 is 28.9. The van der Waals surface area contributed by atoms with Gasteiger partial charge in [-0.25, -0.2) is 18.1 Å². The Kier molecular flexibility index (Phi) is 4.58. The predicted octanol–water partition coefficient (Wildman–Crippen LogP) is 3.58. The molecule has 0 atom stereocenters. The van der Waals surface area contributed by atoms with Crippen LogP contribution in [0.5, 0.6) is 0 Å². The molecule has 0 unspecified atom stereocenters. The van der Waals surface area contributed by atoms with E-state index in [9.17, 15) is 8.42 Å². The third kappa shape index (κ3) is 3.55. The second-order valence-electron chi connectivity index (χ2n) is 4.68. The number of hydrogen-bond donors (Lipinski definition) is 1. The van der Waals surface area contributed by atoms with Gasteiger partial charge in [0.2, 0.25) is 10.0 Å². The Morgan fingerprint density at radius 2 is 1.82 bits per heavy atom. The second-order valence-corrected chi connectivity index (χ2v) is 8.47. The standard InChI is InChI=1S/C15H13BrN2O2S2/c16-11-5-7-12(8-6-11)22(19,20)17-10-9-15-18-13-3-1-2-4-14(13)21-15/h1-8,17H,9-10H2. The first-order valence-corrected chi connectivity index (χ1v) is 9.73. The molecule has 2 aromatic carbocycles. The molecular weight excluding hydrogens is 384 g/mol. The van der Waals surface area contributed by atoms with Gasteiger partial charge in [-0.1, -0.05) is 28.1 Å². The molecule has 1 N–H and O–H groups in total. The highest BCUT2D eigenvalue weighted by molar-refractivity contribution is 9.10. The van der Waals surface area contributed by atoms with Crippen molar-refractivity contribution in [1.29, 1.82) is 0 Å². The highest BCUT2D eigenvalue weighted by Gasteiger charge is 2.13. The molecule has 0 saturated carbocycles. The van der Waals surface area contributed by atoms with Gasteiger partial charge in [0, 0.05) is 17.4 Å². The van der Waals surface area contributed by atoms with Crippen LogP contribution in [0.1, 0.15) is 5.01 Å². The lowest BCUT2D eigenvalue weighted by atomic mass is 10.3. The van der Waals surface area contributed by atoms with E-state index in [-0.39, 0.29) is 4.90 Å². The van der Waals surface area contributed by atoms with Gasteiger partial charge in [-0.15, -0.1) is 11.3 Å². The molecule has 0 amide bonds. The minimum Gasteiger partial charge on any atom is -0.241 e. The Morgan fingerprint density at radius 3 is 2.55 bits per heavy atom. The van der Waals surface area contributed by atoms with E-state index in [4.69, 9.17) is 0 Å². The van der Waals surface area contributed by atoms with E-state index < -0.39 is 10.0 Å². The van der Waals surface area contributed by atoms with E-state index in [1.54, 1.807) is 35.6 Å². The fourth-order valence-electron chi connectivity index (χ4n) is 2.02. The number of nitrogens with zero attached hydrogens (tertiary/aromatic N) is 1. The molecule has 0 aliphatic heterocycles. The molecule has 114 valence electrons. The maximum atomic E-state index is 12.2. The second kappa shape index (κ2) is 6.45. The van der Waals surface area contributed by atoms with Crippen LogP contribution in [-0.2, 0) is 16.4 Å². The van der Waals surface area contributed by atoms with E-state index in [0.29, 0.717) is 13.0 Å². The first kappa shape index (κ1) is 15.6. The van der Waals surface area contributed by atoms with Gasteiger partial charge in [0.15, 0.2) is 0 Å². The molecule has 0 aliphatic rings. The van der Waals surface area contributed by atoms with Crippen LogP contribution in [0, 0.1) is 0 Å². The SMILES string of the molecule is O=S(=O)(NCCc1nc2ccccc2s1)c1ccc(Br)cc1. The number of nitrogens with one attached hydrogen (secondary N) is 1. The number of sulfonamides is 1. The minimum absolute atomic E-state index is 0.264. The molecule has 0 spiro atoms. The third-order valence-corrected chi connectivity index (χ3v) is 6.19. The maximum Gasteiger partial charge on any atom is 0.240 e. The van der Waals surface area contributed by atoms with Gasteiger partial charge >= 0.3 is 0 Å². The topological polar surface area (TPSA) is 59.1 Å². The van der Waals surface area contributed by atoms with Crippen LogP contribution in [0.25, 0.3) is 10.2 Å². The highest BCUT2D eigenvalue weighted by Crippen LogP contribution is 2.21. The normalized spacial score (nSPS) is 11.9. The third-order valence-electron chi connectivity index (χ3n) is 3.09. The number of thiazole rings is 1. The molecule has 1 aromatic heterocycles. The van der Waals surface area contributed by atoms with Crippen molar-refractivity contribution in [2.75, 3.05) is 6.54 Å². The first-order chi connectivity index (χ1) is 10.5. The summed E-state index contributed by atoms with van der Waals surface area (Å²) in [4.78, 5) is 4.76. The van der Waals surface area contributed by atoms with Gasteiger partial charge in [0.25, 0.3) is 0 Å². The number of fused-ring (bicyclic) bond motifs is 1. The van der Waals surface area contributed by atoms with E-state index in [1.165, 1.54) is 0 Å². The number of benzene rings is 2. The highest BCUT2D eigenvalue weighted by atomic mass is 79.9. The molecule has 7 heteroatoms. The zero-order valence-corrected chi connectivity index (χ0v) is 14.7. The Bertz CT molecular complexity index is 856. The summed E-state index contributed by atoms with van der Waals surface area (Å²) in [5.41, 5.74) is 0.957. The van der Waals surface area contributed by atoms with Crippen LogP contribution in [0.4, 0.5) is 0 Å². The Morgan fingerprint density at radius 1 is 1.09 bits per heavy atom. The number of aromatic nitrogens is 1. The first-order valence-electron chi connectivity index (χ1n) is 6.64. The van der Waals surface area contributed by atoms with Gasteiger partial charge in [0.1, 0.15) is 0 Å². The van der Waals surface area contributed by atoms with Crippen LogP contribution in [0.15, 0.2) is 57.9 Å². The number of hydrogen-bond acceptors (Lipinski definition) is 4. The zero-order valence-electron chi connectivity index (χ0n) is 11.5. The smallest absolute Gasteiger partial charge is 0.240 e. The summed E-state index contributed by atoms with van der Waals surface area (Å²) in [7, 11) is -3.47. The molecule has 22 heavy (non-hydrogen) atoms. The van der Waals surface area contributed by atoms with E-state index in [2.05, 4.69) is 25.6 Å². The molecular formula is C15H13BrN2O2S2. The molecule has 0 aliphatic carbocycles. The van der Waals surface area contributed by atoms with Crippen molar-refractivity contribution in [3.05, 3.63) is 58.0 Å². The average Bonchev–Trinajstić information content (AvgIpc) is 2.90. The van der Waals surface area contributed by atoms with Crippen LogP contribution >= 0.6 is 27.3 Å². The largest absolute Gasteiger partial charge is 0.241 e. The lowest BCUT2D eigenvalue weighted by Gasteiger charge is -2.05. The molecule has 4 nitrogen and oxygen atoms in total. The van der Waals surface area contributed by atoms with Crippen LogP contribution in [-0.4, -0.2) is 19.9 Å². The number of para-hydroxylation sites is 1. The Hall–Kier alpha value is -1.28. The monoisotopic (exact) mass is 396 g/mol. The van der Waals surface area contributed by atoms with Crippen LogP contribution in [0.3, 0.4) is 0 Å². The van der Waals surface area contributed by atoms with Crippen molar-refractivity contribution >= 4 is 47.5 Å². The van der Waals surface area contributed by atoms with E-state index >= 15 is 0 Å². The average molecular weight is 397 g/mol. The van der Waals surface area contributed by atoms with Crippen molar-refractivity contribution in [3.63, 3.8) is 0 Å². The van der Waals surface area contributed by atoms with Crippen LogP contribution < -0.4 is 4.72 Å². The van der Waals surface area contributed by atoms with Crippen LogP contribution in [0.2, 0.25) is 0 Å². The van der Waals surface area contributed by atoms with Crippen molar-refractivity contribution in [2.24, 2.45) is 0 Å². The van der Waals surface area contributed by atoms with E-state index in [0.717, 1.165) is 19.7 Å². The fraction of sp³-hybridized carbons (Fsp3) is 0.133. The summed E-state index contributed by atoms with van der Waals surface area (Å²) in [6, 6.07) is 14.5. The molecule has 0 saturated heterocycles. The summed E-state index contributed by atoms with van der Waals surface area (Å²) in [6.45, 7) is 0.332. The van der Waals surface area contributed by atoms with Crippen molar-refractivity contribution < 1.29 is 8.42 Å². The predicted molar refractivity (Wildman–Crippen MR) is 92.7 cm³/mol. The molecule has 3 aromatic rings. The lowest BCUT2D eigenvalue weighted by molar-refractivity contribution is 0.581. The lowest BCUT2D eigenvalue weighted by Crippen LogP contribution is -2.25. The molecule has 3 rings (SSSR count). The van der Waals surface area contributed by atoms with Gasteiger partial charge in [-0.05, 0) is 36.4 Å². The maximum absolute atomic E-state index is 12.2. The van der Waals surface area contributed by atoms with Gasteiger partial charge < -0.3 is 0 Å². The van der Waals surface area contributed by atoms with Gasteiger partial charge in [-0.3, -0.25) is 0 Å². The molecule has 0 radical (unpaired) electrons. The summed E-state index contributed by atoms with van der Waals surface area (Å²) in [6.07, 6.45) is 0.578. The Balaban J connectivity index is 1.65. The summed E-state index contributed by atoms with van der Waals surface area (Å²) in [5, 5.41) is 0.930. The molecule has 1 heterocycles. The number of halogens is 1. The fourth-order valence-corrected chi connectivity index (χ4v) is 4.28. The number of rotatable bonds is 5. The molecule has 0 fully saturated rings. The van der Waals surface area contributed by atoms with Crippen molar-refractivity contribution in [1.82, 2.24) is 9.71 Å². The summed E-state index contributed by atoms with van der Waals surface area (Å²) >= 11 is 4.88. The van der Waals surface area contributed by atoms with E-state index in [1.807, 2.05) is 24.3 Å². The van der Waals surface area contributed by atoms with Gasteiger partial charge in [-0.2, -0.15) is 0 Å². The Labute approximate surface area is 141 Å². The molecule has 0 bridgehead atoms.